The summed E-state index contributed by atoms with van der Waals surface area (Å²) in [5.41, 5.74) is 1.77. The normalized spacial score (nSPS) is 17.2. The van der Waals surface area contributed by atoms with Gasteiger partial charge in [0.05, 0.1) is 5.69 Å². The molecule has 0 spiro atoms. The summed E-state index contributed by atoms with van der Waals surface area (Å²) in [4.78, 5) is 15.5. The van der Waals surface area contributed by atoms with E-state index in [0.29, 0.717) is 11.8 Å². The summed E-state index contributed by atoms with van der Waals surface area (Å²) in [6.45, 7) is 2.85. The Kier molecular flexibility index (Phi) is 4.22. The molecule has 1 unspecified atom stereocenters. The molecule has 3 nitrogen and oxygen atoms in total. The second-order valence-electron chi connectivity index (χ2n) is 4.95. The Morgan fingerprint density at radius 2 is 2.10 bits per heavy atom. The highest BCUT2D eigenvalue weighted by molar-refractivity contribution is 9.10. The second-order valence-corrected chi connectivity index (χ2v) is 7.34. The Balaban J connectivity index is 1.85. The average molecular weight is 363 g/mol. The van der Waals surface area contributed by atoms with Gasteiger partial charge in [0.25, 0.3) is 0 Å². The fraction of sp³-hybridized carbons (Fsp3) is 0.188. The number of hydrogen-bond donors (Lipinski definition) is 1. The number of nitrogens with one attached hydrogen (secondary N) is 1. The van der Waals surface area contributed by atoms with Gasteiger partial charge in [-0.05, 0) is 30.3 Å². The van der Waals surface area contributed by atoms with Crippen molar-refractivity contribution in [3.63, 3.8) is 0 Å². The zero-order valence-electron chi connectivity index (χ0n) is 11.5. The van der Waals surface area contributed by atoms with Crippen LogP contribution in [0.1, 0.15) is 6.92 Å². The number of para-hydroxylation sites is 1. The molecule has 0 aromatic heterocycles. The number of rotatable bonds is 1. The number of amides is 2. The first-order valence-electron chi connectivity index (χ1n) is 6.73. The minimum absolute atomic E-state index is 0.0901. The smallest absolute Gasteiger partial charge is 0.308 e. The summed E-state index contributed by atoms with van der Waals surface area (Å²) in [6.07, 6.45) is 0. The zero-order valence-corrected chi connectivity index (χ0v) is 13.9. The molecule has 2 aromatic carbocycles. The monoisotopic (exact) mass is 362 g/mol. The first kappa shape index (κ1) is 14.5. The van der Waals surface area contributed by atoms with Crippen LogP contribution >= 0.6 is 27.7 Å². The summed E-state index contributed by atoms with van der Waals surface area (Å²) in [5, 5.41) is 3.34. The van der Waals surface area contributed by atoms with E-state index in [1.807, 2.05) is 59.1 Å². The highest BCUT2D eigenvalue weighted by Gasteiger charge is 2.26. The van der Waals surface area contributed by atoms with E-state index in [1.165, 1.54) is 0 Å². The lowest BCUT2D eigenvalue weighted by Gasteiger charge is -2.32. The van der Waals surface area contributed by atoms with Crippen LogP contribution in [0.4, 0.5) is 16.2 Å². The third kappa shape index (κ3) is 3.24. The molecule has 1 N–H and O–H groups in total. The van der Waals surface area contributed by atoms with Gasteiger partial charge < -0.3 is 5.32 Å². The van der Waals surface area contributed by atoms with E-state index in [9.17, 15) is 4.79 Å². The number of urea groups is 1. The summed E-state index contributed by atoms with van der Waals surface area (Å²) in [5.74, 6) is 0. The predicted octanol–water partition coefficient (Wildman–Crippen LogP) is 4.98. The third-order valence-electron chi connectivity index (χ3n) is 3.24. The average Bonchev–Trinajstić information content (AvgIpc) is 2.46. The molecule has 2 amide bonds. The molecular formula is C16H15BrN2OS. The van der Waals surface area contributed by atoms with Gasteiger partial charge in [-0.3, -0.25) is 4.90 Å². The van der Waals surface area contributed by atoms with Crippen molar-refractivity contribution in [2.45, 2.75) is 17.1 Å². The van der Waals surface area contributed by atoms with Crippen molar-refractivity contribution in [2.75, 3.05) is 16.8 Å². The Morgan fingerprint density at radius 3 is 2.90 bits per heavy atom. The van der Waals surface area contributed by atoms with E-state index in [0.717, 1.165) is 20.7 Å². The molecule has 0 radical (unpaired) electrons. The van der Waals surface area contributed by atoms with E-state index in [2.05, 4.69) is 34.2 Å². The van der Waals surface area contributed by atoms with Crippen molar-refractivity contribution >= 4 is 45.1 Å². The maximum Gasteiger partial charge on any atom is 0.326 e. The number of carbonyl (C=O) groups is 1. The number of carbonyl (C=O) groups excluding carboxylic acids is 1. The van der Waals surface area contributed by atoms with E-state index >= 15 is 0 Å². The van der Waals surface area contributed by atoms with Gasteiger partial charge in [-0.15, -0.1) is 11.8 Å². The van der Waals surface area contributed by atoms with Crippen LogP contribution in [-0.4, -0.2) is 17.8 Å². The zero-order chi connectivity index (χ0) is 14.8. The molecule has 1 aliphatic rings. The standard InChI is InChI=1S/C16H15BrN2OS/c1-11-10-19(14-7-2-3-8-15(14)21-11)16(20)18-13-6-4-5-12(17)9-13/h2-9,11H,10H2,1H3,(H,18,20). The van der Waals surface area contributed by atoms with Gasteiger partial charge in [-0.2, -0.15) is 0 Å². The van der Waals surface area contributed by atoms with Gasteiger partial charge in [-0.25, -0.2) is 4.79 Å². The third-order valence-corrected chi connectivity index (χ3v) is 4.89. The summed E-state index contributed by atoms with van der Waals surface area (Å²) in [7, 11) is 0. The van der Waals surface area contributed by atoms with Crippen molar-refractivity contribution < 1.29 is 4.79 Å². The lowest BCUT2D eigenvalue weighted by atomic mass is 10.2. The van der Waals surface area contributed by atoms with Crippen LogP contribution in [0, 0.1) is 0 Å². The van der Waals surface area contributed by atoms with Gasteiger partial charge >= 0.3 is 6.03 Å². The van der Waals surface area contributed by atoms with Crippen molar-refractivity contribution in [2.24, 2.45) is 0 Å². The summed E-state index contributed by atoms with van der Waals surface area (Å²) < 4.78 is 0.947. The van der Waals surface area contributed by atoms with Crippen LogP contribution < -0.4 is 10.2 Å². The lowest BCUT2D eigenvalue weighted by molar-refractivity contribution is 0.256. The molecule has 0 bridgehead atoms. The van der Waals surface area contributed by atoms with Gasteiger partial charge in [0, 0.05) is 26.9 Å². The van der Waals surface area contributed by atoms with E-state index < -0.39 is 0 Å². The molecule has 3 rings (SSSR count). The number of anilines is 2. The predicted molar refractivity (Wildman–Crippen MR) is 92.3 cm³/mol. The first-order valence-corrected chi connectivity index (χ1v) is 8.40. The Labute approximate surface area is 136 Å². The van der Waals surface area contributed by atoms with Crippen LogP contribution in [0.25, 0.3) is 0 Å². The number of benzene rings is 2. The van der Waals surface area contributed by atoms with Crippen molar-refractivity contribution in [1.82, 2.24) is 0 Å². The Morgan fingerprint density at radius 1 is 1.29 bits per heavy atom. The van der Waals surface area contributed by atoms with Gasteiger partial charge in [-0.1, -0.05) is 41.1 Å². The van der Waals surface area contributed by atoms with Gasteiger partial charge in [0.1, 0.15) is 0 Å². The number of hydrogen-bond acceptors (Lipinski definition) is 2. The Hall–Kier alpha value is -1.46. The summed E-state index contributed by atoms with van der Waals surface area (Å²) in [6, 6.07) is 15.6. The molecule has 21 heavy (non-hydrogen) atoms. The molecule has 0 fully saturated rings. The fourth-order valence-electron chi connectivity index (χ4n) is 2.34. The first-order chi connectivity index (χ1) is 10.1. The number of nitrogens with zero attached hydrogens (tertiary/aromatic N) is 1. The fourth-order valence-corrected chi connectivity index (χ4v) is 3.85. The molecule has 2 aromatic rings. The molecule has 1 heterocycles. The highest BCUT2D eigenvalue weighted by atomic mass is 79.9. The second kappa shape index (κ2) is 6.12. The number of halogens is 1. The van der Waals surface area contributed by atoms with E-state index in [4.69, 9.17) is 0 Å². The van der Waals surface area contributed by atoms with E-state index in [-0.39, 0.29) is 6.03 Å². The molecule has 0 saturated carbocycles. The van der Waals surface area contributed by atoms with Crippen molar-refractivity contribution in [3.05, 3.63) is 53.0 Å². The summed E-state index contributed by atoms with van der Waals surface area (Å²) >= 11 is 5.23. The van der Waals surface area contributed by atoms with Crippen LogP contribution in [0.5, 0.6) is 0 Å². The van der Waals surface area contributed by atoms with Crippen LogP contribution in [0.15, 0.2) is 57.9 Å². The Bertz CT molecular complexity index is 677. The molecular weight excluding hydrogens is 348 g/mol. The highest BCUT2D eigenvalue weighted by Crippen LogP contribution is 2.38. The minimum atomic E-state index is -0.0901. The van der Waals surface area contributed by atoms with Gasteiger partial charge in [0.15, 0.2) is 0 Å². The maximum absolute atomic E-state index is 12.6. The SMILES string of the molecule is CC1CN(C(=O)Nc2cccc(Br)c2)c2ccccc2S1. The number of thioether (sulfide) groups is 1. The minimum Gasteiger partial charge on any atom is -0.308 e. The molecule has 108 valence electrons. The topological polar surface area (TPSA) is 32.3 Å². The quantitative estimate of drug-likeness (QED) is 0.775. The largest absolute Gasteiger partial charge is 0.326 e. The molecule has 0 aliphatic carbocycles. The van der Waals surface area contributed by atoms with Crippen LogP contribution in [0.3, 0.4) is 0 Å². The lowest BCUT2D eigenvalue weighted by Crippen LogP contribution is -2.41. The van der Waals surface area contributed by atoms with E-state index in [1.54, 1.807) is 0 Å². The van der Waals surface area contributed by atoms with Crippen LogP contribution in [-0.2, 0) is 0 Å². The van der Waals surface area contributed by atoms with Crippen LogP contribution in [0.2, 0.25) is 0 Å². The molecule has 1 atom stereocenters. The van der Waals surface area contributed by atoms with Crippen molar-refractivity contribution in [1.29, 1.82) is 0 Å². The van der Waals surface area contributed by atoms with Crippen molar-refractivity contribution in [3.8, 4) is 0 Å². The molecule has 1 aliphatic heterocycles. The van der Waals surface area contributed by atoms with Gasteiger partial charge in [0.2, 0.25) is 0 Å². The molecule has 5 heteroatoms. The molecule has 0 saturated heterocycles. The maximum atomic E-state index is 12.6. The number of fused-ring (bicyclic) bond motifs is 1.